The molecule has 4 rings (SSSR count). The highest BCUT2D eigenvalue weighted by molar-refractivity contribution is 6.62. The van der Waals surface area contributed by atoms with E-state index in [1.807, 2.05) is 30.3 Å². The van der Waals surface area contributed by atoms with Crippen LogP contribution in [-0.2, 0) is 9.31 Å². The van der Waals surface area contributed by atoms with Crippen LogP contribution < -0.4 is 5.46 Å². The van der Waals surface area contributed by atoms with E-state index in [9.17, 15) is 0 Å². The minimum atomic E-state index is -0.373. The Bertz CT molecular complexity index is 897. The molecule has 3 aromatic rings. The average molecular weight is 329 g/mol. The van der Waals surface area contributed by atoms with Gasteiger partial charge in [0.2, 0.25) is 0 Å². The van der Waals surface area contributed by atoms with Crippen molar-refractivity contribution in [3.05, 3.63) is 41.4 Å². The summed E-state index contributed by atoms with van der Waals surface area (Å²) in [5, 5.41) is 2.76. The zero-order valence-electron chi connectivity index (χ0n) is 13.6. The average Bonchev–Trinajstić information content (AvgIpc) is 2.91. The van der Waals surface area contributed by atoms with Crippen molar-refractivity contribution >= 4 is 46.1 Å². The number of hydrogen-bond donors (Lipinski definition) is 0. The van der Waals surface area contributed by atoms with Crippen molar-refractivity contribution < 1.29 is 13.7 Å². The molecule has 23 heavy (non-hydrogen) atoms. The van der Waals surface area contributed by atoms with Gasteiger partial charge in [-0.05, 0) is 51.4 Å². The van der Waals surface area contributed by atoms with Crippen molar-refractivity contribution in [1.29, 1.82) is 0 Å². The van der Waals surface area contributed by atoms with Gasteiger partial charge in [0.05, 0.1) is 11.2 Å². The monoisotopic (exact) mass is 328 g/mol. The predicted octanol–water partition coefficient (Wildman–Crippen LogP) is 4.54. The van der Waals surface area contributed by atoms with Crippen molar-refractivity contribution in [2.75, 3.05) is 0 Å². The fourth-order valence-electron chi connectivity index (χ4n) is 2.89. The number of furan rings is 1. The summed E-state index contributed by atoms with van der Waals surface area (Å²) < 4.78 is 18.1. The maximum atomic E-state index is 6.13. The second-order valence-corrected chi connectivity index (χ2v) is 7.52. The molecular formula is C18H18BClO3. The van der Waals surface area contributed by atoms with Crippen LogP contribution >= 0.6 is 11.6 Å². The molecule has 118 valence electrons. The summed E-state index contributed by atoms with van der Waals surface area (Å²) in [5.74, 6) is 0. The molecule has 2 heterocycles. The van der Waals surface area contributed by atoms with Crippen molar-refractivity contribution in [2.45, 2.75) is 38.9 Å². The summed E-state index contributed by atoms with van der Waals surface area (Å²) in [4.78, 5) is 0. The Morgan fingerprint density at radius 3 is 2.22 bits per heavy atom. The highest BCUT2D eigenvalue weighted by atomic mass is 35.5. The minimum absolute atomic E-state index is 0.349. The van der Waals surface area contributed by atoms with E-state index in [0.717, 1.165) is 27.4 Å². The highest BCUT2D eigenvalue weighted by Crippen LogP contribution is 2.37. The minimum Gasteiger partial charge on any atom is -0.456 e. The lowest BCUT2D eigenvalue weighted by Gasteiger charge is -2.32. The molecule has 0 amide bonds. The van der Waals surface area contributed by atoms with E-state index in [-0.39, 0.29) is 18.3 Å². The van der Waals surface area contributed by atoms with E-state index in [4.69, 9.17) is 25.3 Å². The van der Waals surface area contributed by atoms with Gasteiger partial charge in [-0.2, -0.15) is 0 Å². The number of rotatable bonds is 1. The van der Waals surface area contributed by atoms with Crippen molar-refractivity contribution in [2.24, 2.45) is 0 Å². The Balaban J connectivity index is 1.82. The van der Waals surface area contributed by atoms with Crippen LogP contribution in [0.2, 0.25) is 5.02 Å². The van der Waals surface area contributed by atoms with E-state index in [0.29, 0.717) is 5.02 Å². The van der Waals surface area contributed by atoms with Crippen LogP contribution in [0.1, 0.15) is 27.7 Å². The van der Waals surface area contributed by atoms with Gasteiger partial charge in [0.1, 0.15) is 11.2 Å². The first-order valence-electron chi connectivity index (χ1n) is 7.74. The molecule has 0 radical (unpaired) electrons. The van der Waals surface area contributed by atoms with E-state index in [2.05, 4.69) is 33.8 Å². The molecule has 1 aromatic heterocycles. The summed E-state index contributed by atoms with van der Waals surface area (Å²) in [6.45, 7) is 8.23. The van der Waals surface area contributed by atoms with Crippen LogP contribution in [0.5, 0.6) is 0 Å². The molecule has 1 fully saturated rings. The second-order valence-electron chi connectivity index (χ2n) is 7.09. The van der Waals surface area contributed by atoms with Crippen LogP contribution in [-0.4, -0.2) is 18.3 Å². The Labute approximate surface area is 140 Å². The van der Waals surface area contributed by atoms with E-state index >= 15 is 0 Å². The predicted molar refractivity (Wildman–Crippen MR) is 94.4 cm³/mol. The summed E-state index contributed by atoms with van der Waals surface area (Å²) in [6, 6.07) is 11.7. The largest absolute Gasteiger partial charge is 0.494 e. The molecule has 0 saturated carbocycles. The molecule has 0 atom stereocenters. The summed E-state index contributed by atoms with van der Waals surface area (Å²) >= 11 is 6.04. The Kier molecular flexibility index (Phi) is 3.12. The third-order valence-electron chi connectivity index (χ3n) is 4.98. The number of benzene rings is 2. The van der Waals surface area contributed by atoms with Gasteiger partial charge >= 0.3 is 7.12 Å². The van der Waals surface area contributed by atoms with Gasteiger partial charge in [0.25, 0.3) is 0 Å². The smallest absolute Gasteiger partial charge is 0.456 e. The fraction of sp³-hybridized carbons (Fsp3) is 0.333. The Morgan fingerprint density at radius 1 is 0.826 bits per heavy atom. The summed E-state index contributed by atoms with van der Waals surface area (Å²) in [7, 11) is -0.373. The van der Waals surface area contributed by atoms with Gasteiger partial charge in [0, 0.05) is 21.9 Å². The zero-order chi connectivity index (χ0) is 16.4. The van der Waals surface area contributed by atoms with Crippen molar-refractivity contribution in [3.8, 4) is 0 Å². The molecule has 0 spiro atoms. The van der Waals surface area contributed by atoms with Crippen LogP contribution in [0.15, 0.2) is 40.8 Å². The molecule has 0 bridgehead atoms. The summed E-state index contributed by atoms with van der Waals surface area (Å²) in [5.41, 5.74) is 1.92. The molecule has 1 aliphatic rings. The van der Waals surface area contributed by atoms with Crippen LogP contribution in [0.25, 0.3) is 21.9 Å². The SMILES string of the molecule is CC1(C)OB(c2ccc3oc4cc(Cl)ccc4c3c2)OC1(C)C. The first kappa shape index (κ1) is 15.1. The molecule has 0 unspecified atom stereocenters. The van der Waals surface area contributed by atoms with Gasteiger partial charge in [-0.3, -0.25) is 0 Å². The Hall–Kier alpha value is -1.49. The second kappa shape index (κ2) is 4.76. The van der Waals surface area contributed by atoms with Gasteiger partial charge in [-0.15, -0.1) is 0 Å². The van der Waals surface area contributed by atoms with E-state index < -0.39 is 0 Å². The van der Waals surface area contributed by atoms with E-state index in [1.165, 1.54) is 0 Å². The Morgan fingerprint density at radius 2 is 1.52 bits per heavy atom. The van der Waals surface area contributed by atoms with Crippen LogP contribution in [0.4, 0.5) is 0 Å². The zero-order valence-corrected chi connectivity index (χ0v) is 14.4. The standard InChI is InChI=1S/C18H18BClO3/c1-17(2)18(3,4)23-19(22-17)11-5-8-15-14(9-11)13-7-6-12(20)10-16(13)21-15/h5-10H,1-4H3. The number of hydrogen-bond acceptors (Lipinski definition) is 3. The lowest BCUT2D eigenvalue weighted by molar-refractivity contribution is 0.00578. The first-order valence-corrected chi connectivity index (χ1v) is 8.12. The van der Waals surface area contributed by atoms with Gasteiger partial charge in [-0.25, -0.2) is 0 Å². The molecule has 3 nitrogen and oxygen atoms in total. The maximum Gasteiger partial charge on any atom is 0.494 e. The van der Waals surface area contributed by atoms with Crippen LogP contribution in [0, 0.1) is 0 Å². The molecule has 0 aliphatic carbocycles. The van der Waals surface area contributed by atoms with Gasteiger partial charge in [-0.1, -0.05) is 23.7 Å². The van der Waals surface area contributed by atoms with Gasteiger partial charge < -0.3 is 13.7 Å². The number of halogens is 1. The van der Waals surface area contributed by atoms with Crippen molar-refractivity contribution in [1.82, 2.24) is 0 Å². The lowest BCUT2D eigenvalue weighted by atomic mass is 9.78. The first-order chi connectivity index (χ1) is 10.8. The fourth-order valence-corrected chi connectivity index (χ4v) is 3.06. The van der Waals surface area contributed by atoms with Crippen LogP contribution in [0.3, 0.4) is 0 Å². The molecule has 1 saturated heterocycles. The molecule has 5 heteroatoms. The third kappa shape index (κ3) is 2.28. The van der Waals surface area contributed by atoms with E-state index in [1.54, 1.807) is 0 Å². The molecule has 1 aliphatic heterocycles. The molecular weight excluding hydrogens is 310 g/mol. The molecule has 0 N–H and O–H groups in total. The topological polar surface area (TPSA) is 31.6 Å². The maximum absolute atomic E-state index is 6.13. The number of fused-ring (bicyclic) bond motifs is 3. The lowest BCUT2D eigenvalue weighted by Crippen LogP contribution is -2.41. The van der Waals surface area contributed by atoms with Crippen molar-refractivity contribution in [3.63, 3.8) is 0 Å². The highest BCUT2D eigenvalue weighted by Gasteiger charge is 2.51. The third-order valence-corrected chi connectivity index (χ3v) is 5.22. The van der Waals surface area contributed by atoms with Gasteiger partial charge in [0.15, 0.2) is 0 Å². The molecule has 2 aromatic carbocycles. The normalized spacial score (nSPS) is 19.8. The summed E-state index contributed by atoms with van der Waals surface area (Å²) in [6.07, 6.45) is 0. The quantitative estimate of drug-likeness (QED) is 0.615.